The summed E-state index contributed by atoms with van der Waals surface area (Å²) in [5.74, 6) is 0.0600. The van der Waals surface area contributed by atoms with Crippen molar-refractivity contribution in [1.29, 1.82) is 0 Å². The number of aromatic nitrogens is 3. The Kier molecular flexibility index (Phi) is 4.04. The number of fused-ring (bicyclic) bond motifs is 1. The molecule has 1 amide bonds. The maximum absolute atomic E-state index is 13.8. The summed E-state index contributed by atoms with van der Waals surface area (Å²) < 4.78 is 15.7. The quantitative estimate of drug-likeness (QED) is 0.929. The molecule has 1 aliphatic rings. The van der Waals surface area contributed by atoms with Crippen molar-refractivity contribution in [3.05, 3.63) is 41.6 Å². The van der Waals surface area contributed by atoms with E-state index in [1.54, 1.807) is 12.3 Å². The van der Waals surface area contributed by atoms with Crippen LogP contribution in [0.2, 0.25) is 0 Å². The van der Waals surface area contributed by atoms with Gasteiger partial charge >= 0.3 is 0 Å². The molecular formula is C15H18FN5O. The molecule has 0 aliphatic carbocycles. The number of carbonyl (C=O) groups is 1. The van der Waals surface area contributed by atoms with Gasteiger partial charge in [-0.25, -0.2) is 9.37 Å². The molecule has 0 atom stereocenters. The smallest absolute Gasteiger partial charge is 0.220 e. The standard InChI is InChI=1S/C15H18FN5O/c1-2-14(22)18-9-11-8-12-10-20(6-7-21(12)19-11)15-13(16)4-3-5-17-15/h3-5,8H,2,6-7,9-10H2,1H3,(H,18,22). The maximum Gasteiger partial charge on any atom is 0.220 e. The van der Waals surface area contributed by atoms with Crippen molar-refractivity contribution in [2.45, 2.75) is 33.0 Å². The molecule has 0 spiro atoms. The molecule has 0 saturated carbocycles. The van der Waals surface area contributed by atoms with Gasteiger partial charge in [0.2, 0.25) is 5.91 Å². The van der Waals surface area contributed by atoms with Crippen molar-refractivity contribution in [3.8, 4) is 0 Å². The second kappa shape index (κ2) is 6.13. The monoisotopic (exact) mass is 303 g/mol. The summed E-state index contributed by atoms with van der Waals surface area (Å²) in [6.07, 6.45) is 2.05. The van der Waals surface area contributed by atoms with E-state index in [9.17, 15) is 9.18 Å². The Balaban J connectivity index is 1.72. The fourth-order valence-electron chi connectivity index (χ4n) is 2.52. The summed E-state index contributed by atoms with van der Waals surface area (Å²) in [6.45, 7) is 4.12. The molecule has 0 radical (unpaired) electrons. The topological polar surface area (TPSA) is 63.1 Å². The van der Waals surface area contributed by atoms with Crippen molar-refractivity contribution < 1.29 is 9.18 Å². The molecule has 0 saturated heterocycles. The van der Waals surface area contributed by atoms with Gasteiger partial charge in [0.15, 0.2) is 11.6 Å². The summed E-state index contributed by atoms with van der Waals surface area (Å²) >= 11 is 0. The molecule has 7 heteroatoms. The van der Waals surface area contributed by atoms with Gasteiger partial charge in [0, 0.05) is 19.2 Å². The molecule has 1 N–H and O–H groups in total. The van der Waals surface area contributed by atoms with Crippen molar-refractivity contribution in [2.75, 3.05) is 11.4 Å². The van der Waals surface area contributed by atoms with Gasteiger partial charge in [0.1, 0.15) is 0 Å². The number of halogens is 1. The summed E-state index contributed by atoms with van der Waals surface area (Å²) in [5.41, 5.74) is 1.82. The van der Waals surface area contributed by atoms with Crippen LogP contribution in [0.15, 0.2) is 24.4 Å². The number of carbonyl (C=O) groups excluding carboxylic acids is 1. The van der Waals surface area contributed by atoms with Crippen molar-refractivity contribution >= 4 is 11.7 Å². The molecule has 6 nitrogen and oxygen atoms in total. The number of amides is 1. The third kappa shape index (κ3) is 2.93. The lowest BCUT2D eigenvalue weighted by Crippen LogP contribution is -2.34. The van der Waals surface area contributed by atoms with Crippen molar-refractivity contribution in [2.24, 2.45) is 0 Å². The number of nitrogens with one attached hydrogen (secondary N) is 1. The Bertz CT molecular complexity index is 684. The van der Waals surface area contributed by atoms with E-state index >= 15 is 0 Å². The van der Waals surface area contributed by atoms with Gasteiger partial charge in [0.25, 0.3) is 0 Å². The normalized spacial score (nSPS) is 13.8. The van der Waals surface area contributed by atoms with Gasteiger partial charge in [-0.2, -0.15) is 5.10 Å². The highest BCUT2D eigenvalue weighted by Gasteiger charge is 2.21. The highest BCUT2D eigenvalue weighted by atomic mass is 19.1. The van der Waals surface area contributed by atoms with Gasteiger partial charge in [-0.05, 0) is 18.2 Å². The predicted molar refractivity (Wildman–Crippen MR) is 79.6 cm³/mol. The van der Waals surface area contributed by atoms with Crippen molar-refractivity contribution in [3.63, 3.8) is 0 Å². The third-order valence-corrected chi connectivity index (χ3v) is 3.67. The summed E-state index contributed by atoms with van der Waals surface area (Å²) in [6, 6.07) is 4.95. The lowest BCUT2D eigenvalue weighted by molar-refractivity contribution is -0.120. The van der Waals surface area contributed by atoms with Gasteiger partial charge < -0.3 is 10.2 Å². The van der Waals surface area contributed by atoms with E-state index in [4.69, 9.17) is 0 Å². The summed E-state index contributed by atoms with van der Waals surface area (Å²) in [5, 5.41) is 7.28. The highest BCUT2D eigenvalue weighted by molar-refractivity contribution is 5.75. The van der Waals surface area contributed by atoms with Crippen molar-refractivity contribution in [1.82, 2.24) is 20.1 Å². The largest absolute Gasteiger partial charge is 0.350 e. The average Bonchev–Trinajstić information content (AvgIpc) is 2.95. The highest BCUT2D eigenvalue weighted by Crippen LogP contribution is 2.21. The minimum Gasteiger partial charge on any atom is -0.350 e. The van der Waals surface area contributed by atoms with E-state index in [0.29, 0.717) is 38.4 Å². The lowest BCUT2D eigenvalue weighted by Gasteiger charge is -2.28. The maximum atomic E-state index is 13.8. The first kappa shape index (κ1) is 14.5. The van der Waals surface area contributed by atoms with Crippen LogP contribution in [-0.2, 0) is 24.4 Å². The second-order valence-corrected chi connectivity index (χ2v) is 5.21. The first-order valence-corrected chi connectivity index (χ1v) is 7.35. The number of anilines is 1. The second-order valence-electron chi connectivity index (χ2n) is 5.21. The molecule has 0 bridgehead atoms. The fourth-order valence-corrected chi connectivity index (χ4v) is 2.52. The van der Waals surface area contributed by atoms with Gasteiger partial charge in [-0.1, -0.05) is 6.92 Å². The Morgan fingerprint density at radius 1 is 1.45 bits per heavy atom. The van der Waals surface area contributed by atoms with Gasteiger partial charge in [-0.15, -0.1) is 0 Å². The lowest BCUT2D eigenvalue weighted by atomic mass is 10.2. The van der Waals surface area contributed by atoms with Crippen LogP contribution in [0.5, 0.6) is 0 Å². The molecule has 22 heavy (non-hydrogen) atoms. The molecule has 1 aliphatic heterocycles. The molecule has 3 heterocycles. The minimum atomic E-state index is -0.314. The van der Waals surface area contributed by atoms with Gasteiger partial charge in [0.05, 0.1) is 31.0 Å². The molecule has 116 valence electrons. The van der Waals surface area contributed by atoms with Crippen LogP contribution >= 0.6 is 0 Å². The van der Waals surface area contributed by atoms with Crippen LogP contribution in [0, 0.1) is 5.82 Å². The first-order valence-electron chi connectivity index (χ1n) is 7.35. The molecule has 0 fully saturated rings. The Morgan fingerprint density at radius 2 is 2.32 bits per heavy atom. The molecular weight excluding hydrogens is 285 g/mol. The molecule has 2 aromatic heterocycles. The molecule has 0 unspecified atom stereocenters. The van der Waals surface area contributed by atoms with Crippen LogP contribution in [0.25, 0.3) is 0 Å². The van der Waals surface area contributed by atoms with E-state index in [1.807, 2.05) is 22.6 Å². The van der Waals surface area contributed by atoms with Crippen LogP contribution in [0.1, 0.15) is 24.7 Å². The Hall–Kier alpha value is -2.44. The molecule has 2 aromatic rings. The molecule has 3 rings (SSSR count). The average molecular weight is 303 g/mol. The van der Waals surface area contributed by atoms with E-state index in [2.05, 4.69) is 15.4 Å². The number of rotatable bonds is 4. The van der Waals surface area contributed by atoms with Crippen LogP contribution in [0.3, 0.4) is 0 Å². The van der Waals surface area contributed by atoms with E-state index in [1.165, 1.54) is 6.07 Å². The summed E-state index contributed by atoms with van der Waals surface area (Å²) in [4.78, 5) is 17.3. The summed E-state index contributed by atoms with van der Waals surface area (Å²) in [7, 11) is 0. The van der Waals surface area contributed by atoms with E-state index in [-0.39, 0.29) is 11.7 Å². The third-order valence-electron chi connectivity index (χ3n) is 3.67. The van der Waals surface area contributed by atoms with Crippen LogP contribution in [0.4, 0.5) is 10.2 Å². The first-order chi connectivity index (χ1) is 10.7. The Morgan fingerprint density at radius 3 is 3.09 bits per heavy atom. The zero-order chi connectivity index (χ0) is 15.5. The van der Waals surface area contributed by atoms with Gasteiger partial charge in [-0.3, -0.25) is 9.48 Å². The fraction of sp³-hybridized carbons (Fsp3) is 0.400. The molecule has 0 aromatic carbocycles. The zero-order valence-corrected chi connectivity index (χ0v) is 12.4. The number of nitrogens with zero attached hydrogens (tertiary/aromatic N) is 4. The van der Waals surface area contributed by atoms with Crippen LogP contribution in [-0.4, -0.2) is 27.2 Å². The number of pyridine rings is 1. The predicted octanol–water partition coefficient (Wildman–Crippen LogP) is 1.46. The number of hydrogen-bond donors (Lipinski definition) is 1. The number of hydrogen-bond acceptors (Lipinski definition) is 4. The Labute approximate surface area is 128 Å². The minimum absolute atomic E-state index is 0.00292. The zero-order valence-electron chi connectivity index (χ0n) is 12.4. The van der Waals surface area contributed by atoms with E-state index < -0.39 is 0 Å². The van der Waals surface area contributed by atoms with Crippen LogP contribution < -0.4 is 10.2 Å². The van der Waals surface area contributed by atoms with E-state index in [0.717, 1.165) is 11.4 Å². The SMILES string of the molecule is CCC(=O)NCc1cc2n(n1)CCN(c1ncccc1F)C2.